The van der Waals surface area contributed by atoms with Gasteiger partial charge in [-0.15, -0.1) is 0 Å². The molecule has 0 radical (unpaired) electrons. The predicted octanol–water partition coefficient (Wildman–Crippen LogP) is 1.96. The first-order valence-electron chi connectivity index (χ1n) is 4.60. The highest BCUT2D eigenvalue weighted by molar-refractivity contribution is 5.69. The summed E-state index contributed by atoms with van der Waals surface area (Å²) < 4.78 is 0. The van der Waals surface area contributed by atoms with E-state index in [2.05, 4.69) is 0 Å². The molecule has 0 saturated heterocycles. The highest BCUT2D eigenvalue weighted by Crippen LogP contribution is 2.34. The monoisotopic (exact) mass is 225 g/mol. The first-order valence-corrected chi connectivity index (χ1v) is 4.60. The van der Waals surface area contributed by atoms with Crippen molar-refractivity contribution in [3.63, 3.8) is 0 Å². The Morgan fingerprint density at radius 2 is 1.75 bits per heavy atom. The van der Waals surface area contributed by atoms with Crippen LogP contribution in [-0.2, 0) is 6.42 Å². The Morgan fingerprint density at radius 1 is 1.25 bits per heavy atom. The molecular weight excluding hydrogens is 214 g/mol. The summed E-state index contributed by atoms with van der Waals surface area (Å²) in [5.74, 6) is 0. The molecule has 86 valence electrons. The maximum absolute atomic E-state index is 10.7. The molecule has 0 heterocycles. The number of nitro benzene ring substituents is 2. The lowest BCUT2D eigenvalue weighted by Crippen LogP contribution is -2.05. The van der Waals surface area contributed by atoms with Gasteiger partial charge in [0.05, 0.1) is 32.7 Å². The van der Waals surface area contributed by atoms with Crippen LogP contribution >= 0.6 is 0 Å². The van der Waals surface area contributed by atoms with Gasteiger partial charge in [-0.05, 0) is 13.3 Å². The lowest BCUT2D eigenvalue weighted by atomic mass is 10.0. The maximum atomic E-state index is 10.7. The number of hydrogen-bond donors (Lipinski definition) is 1. The Morgan fingerprint density at radius 3 is 2.12 bits per heavy atom. The van der Waals surface area contributed by atoms with E-state index < -0.39 is 9.85 Å². The van der Waals surface area contributed by atoms with Crippen LogP contribution in [0, 0.1) is 27.2 Å². The normalized spacial score (nSPS) is 10.1. The summed E-state index contributed by atoms with van der Waals surface area (Å²) in [5, 5.41) is 21.4. The van der Waals surface area contributed by atoms with Crippen molar-refractivity contribution in [1.82, 2.24) is 0 Å². The number of hydrogen-bond acceptors (Lipinski definition) is 5. The molecular formula is C9H11N3O4. The molecule has 1 aromatic rings. The highest BCUT2D eigenvalue weighted by Gasteiger charge is 2.25. The lowest BCUT2D eigenvalue weighted by molar-refractivity contribution is -0.394. The van der Waals surface area contributed by atoms with Crippen molar-refractivity contribution in [2.45, 2.75) is 20.3 Å². The molecule has 1 aromatic carbocycles. The second kappa shape index (κ2) is 4.13. The van der Waals surface area contributed by atoms with E-state index >= 15 is 0 Å². The van der Waals surface area contributed by atoms with E-state index in [4.69, 9.17) is 5.73 Å². The summed E-state index contributed by atoms with van der Waals surface area (Å²) >= 11 is 0. The van der Waals surface area contributed by atoms with Crippen molar-refractivity contribution in [3.05, 3.63) is 37.4 Å². The van der Waals surface area contributed by atoms with Crippen molar-refractivity contribution in [2.24, 2.45) is 0 Å². The Labute approximate surface area is 91.2 Å². The van der Waals surface area contributed by atoms with E-state index in [1.54, 1.807) is 6.92 Å². The SMILES string of the molecule is CCc1c([N+](=O)[O-])cc([N+](=O)[O-])c(C)c1N. The van der Waals surface area contributed by atoms with Crippen molar-refractivity contribution in [2.75, 3.05) is 5.73 Å². The molecule has 0 aliphatic heterocycles. The number of nitrogen functional groups attached to an aromatic ring is 1. The molecule has 7 heteroatoms. The highest BCUT2D eigenvalue weighted by atomic mass is 16.6. The molecule has 0 aliphatic carbocycles. The lowest BCUT2D eigenvalue weighted by Gasteiger charge is -2.07. The van der Waals surface area contributed by atoms with Crippen LogP contribution < -0.4 is 5.73 Å². The van der Waals surface area contributed by atoms with Gasteiger partial charge in [-0.2, -0.15) is 0 Å². The van der Waals surface area contributed by atoms with Crippen LogP contribution in [-0.4, -0.2) is 9.85 Å². The zero-order chi connectivity index (χ0) is 12.5. The van der Waals surface area contributed by atoms with Gasteiger partial charge in [0, 0.05) is 0 Å². The van der Waals surface area contributed by atoms with Crippen LogP contribution in [0.1, 0.15) is 18.1 Å². The van der Waals surface area contributed by atoms with Crippen molar-refractivity contribution >= 4 is 17.1 Å². The molecule has 1 rings (SSSR count). The molecule has 16 heavy (non-hydrogen) atoms. The largest absolute Gasteiger partial charge is 0.398 e. The minimum absolute atomic E-state index is 0.128. The van der Waals surface area contributed by atoms with Crippen molar-refractivity contribution < 1.29 is 9.85 Å². The Kier molecular flexibility index (Phi) is 3.07. The Hall–Kier alpha value is -2.18. The van der Waals surface area contributed by atoms with Gasteiger partial charge in [0.1, 0.15) is 0 Å². The van der Waals surface area contributed by atoms with E-state index in [0.717, 1.165) is 6.07 Å². The quantitative estimate of drug-likeness (QED) is 0.480. The fraction of sp³-hybridized carbons (Fsp3) is 0.333. The third-order valence-electron chi connectivity index (χ3n) is 2.44. The van der Waals surface area contributed by atoms with E-state index in [1.807, 2.05) is 0 Å². The zero-order valence-electron chi connectivity index (χ0n) is 8.89. The summed E-state index contributed by atoms with van der Waals surface area (Å²) in [4.78, 5) is 20.1. The van der Waals surface area contributed by atoms with Gasteiger partial charge in [0.25, 0.3) is 11.4 Å². The van der Waals surface area contributed by atoms with Gasteiger partial charge in [0.15, 0.2) is 0 Å². The summed E-state index contributed by atoms with van der Waals surface area (Å²) in [6.45, 7) is 3.19. The molecule has 0 amide bonds. The van der Waals surface area contributed by atoms with Gasteiger partial charge in [-0.1, -0.05) is 6.92 Å². The topological polar surface area (TPSA) is 112 Å². The van der Waals surface area contributed by atoms with Crippen LogP contribution in [0.25, 0.3) is 0 Å². The molecule has 0 spiro atoms. The van der Waals surface area contributed by atoms with Crippen LogP contribution in [0.15, 0.2) is 6.07 Å². The van der Waals surface area contributed by atoms with Crippen LogP contribution in [0.4, 0.5) is 17.1 Å². The van der Waals surface area contributed by atoms with E-state index in [0.29, 0.717) is 12.0 Å². The summed E-state index contributed by atoms with van der Waals surface area (Å²) in [6, 6.07) is 0.963. The minimum Gasteiger partial charge on any atom is -0.398 e. The molecule has 2 N–H and O–H groups in total. The second-order valence-electron chi connectivity index (χ2n) is 3.30. The number of rotatable bonds is 3. The molecule has 0 aliphatic rings. The van der Waals surface area contributed by atoms with Crippen LogP contribution in [0.5, 0.6) is 0 Å². The van der Waals surface area contributed by atoms with Crippen molar-refractivity contribution in [3.8, 4) is 0 Å². The average Bonchev–Trinajstić information content (AvgIpc) is 2.20. The van der Waals surface area contributed by atoms with E-state index in [1.165, 1.54) is 6.92 Å². The first-order chi connectivity index (χ1) is 7.40. The fourth-order valence-corrected chi connectivity index (χ4v) is 1.55. The number of anilines is 1. The third-order valence-corrected chi connectivity index (χ3v) is 2.44. The third kappa shape index (κ3) is 1.79. The van der Waals surface area contributed by atoms with Crippen molar-refractivity contribution in [1.29, 1.82) is 0 Å². The van der Waals surface area contributed by atoms with Crippen LogP contribution in [0.2, 0.25) is 0 Å². The predicted molar refractivity (Wildman–Crippen MR) is 58.3 cm³/mol. The molecule has 0 fully saturated rings. The number of nitrogens with zero attached hydrogens (tertiary/aromatic N) is 2. The summed E-state index contributed by atoms with van der Waals surface area (Å²) in [6.07, 6.45) is 0.362. The molecule has 0 unspecified atom stereocenters. The Bertz CT molecular complexity index is 470. The number of nitrogens with two attached hydrogens (primary N) is 1. The molecule has 0 bridgehead atoms. The van der Waals surface area contributed by atoms with E-state index in [-0.39, 0.29) is 22.6 Å². The van der Waals surface area contributed by atoms with Gasteiger partial charge < -0.3 is 5.73 Å². The summed E-state index contributed by atoms with van der Waals surface area (Å²) in [7, 11) is 0. The molecule has 0 atom stereocenters. The van der Waals surface area contributed by atoms with Gasteiger partial charge in [0.2, 0.25) is 0 Å². The Balaban J connectivity index is 3.62. The number of nitro groups is 2. The van der Waals surface area contributed by atoms with Gasteiger partial charge in [-0.25, -0.2) is 0 Å². The second-order valence-corrected chi connectivity index (χ2v) is 3.30. The fourth-order valence-electron chi connectivity index (χ4n) is 1.55. The van der Waals surface area contributed by atoms with Gasteiger partial charge in [-0.3, -0.25) is 20.2 Å². The average molecular weight is 225 g/mol. The zero-order valence-corrected chi connectivity index (χ0v) is 8.89. The van der Waals surface area contributed by atoms with Crippen LogP contribution in [0.3, 0.4) is 0 Å². The molecule has 7 nitrogen and oxygen atoms in total. The minimum atomic E-state index is -0.669. The molecule has 0 aromatic heterocycles. The van der Waals surface area contributed by atoms with E-state index in [9.17, 15) is 20.2 Å². The smallest absolute Gasteiger partial charge is 0.281 e. The molecule has 0 saturated carbocycles. The summed E-state index contributed by atoms with van der Waals surface area (Å²) in [5.41, 5.74) is 5.79. The standard InChI is InChI=1S/C9H11N3O4/c1-3-6-8(12(15)16)4-7(11(13)14)5(2)9(6)10/h4H,3,10H2,1-2H3. The maximum Gasteiger partial charge on any atom is 0.281 e. The first kappa shape index (κ1) is 11.9. The van der Waals surface area contributed by atoms with Gasteiger partial charge >= 0.3 is 0 Å². The number of benzene rings is 1.